The van der Waals surface area contributed by atoms with Gasteiger partial charge in [0.2, 0.25) is 5.91 Å². The van der Waals surface area contributed by atoms with Gasteiger partial charge in [-0.05, 0) is 19.8 Å². The molecule has 0 spiro atoms. The summed E-state index contributed by atoms with van der Waals surface area (Å²) in [7, 11) is 1.69. The van der Waals surface area contributed by atoms with E-state index in [0.29, 0.717) is 32.4 Å². The topological polar surface area (TPSA) is 57.7 Å². The number of Topliss-reactive ketones (excluding diaryl/α,β-unsaturated/α-hetero) is 1. The Bertz CT molecular complexity index is 302. The molecule has 0 aromatic rings. The summed E-state index contributed by atoms with van der Waals surface area (Å²) in [6.07, 6.45) is 2.35. The van der Waals surface area contributed by atoms with Gasteiger partial charge in [0.1, 0.15) is 5.78 Å². The molecule has 3 amide bonds. The molecule has 5 heteroatoms. The molecule has 0 aliphatic carbocycles. The quantitative estimate of drug-likeness (QED) is 0.658. The Morgan fingerprint density at radius 1 is 1.31 bits per heavy atom. The van der Waals surface area contributed by atoms with Crippen molar-refractivity contribution in [1.29, 1.82) is 0 Å². The monoisotopic (exact) mass is 226 g/mol. The van der Waals surface area contributed by atoms with Gasteiger partial charge in [-0.3, -0.25) is 9.69 Å². The number of hydrogen-bond donors (Lipinski definition) is 0. The van der Waals surface area contributed by atoms with E-state index in [4.69, 9.17) is 0 Å². The lowest BCUT2D eigenvalue weighted by atomic mass is 10.2. The summed E-state index contributed by atoms with van der Waals surface area (Å²) in [5, 5.41) is 0. The third-order valence-corrected chi connectivity index (χ3v) is 2.68. The molecule has 0 unspecified atom stereocenters. The fourth-order valence-corrected chi connectivity index (χ4v) is 1.67. The summed E-state index contributed by atoms with van der Waals surface area (Å²) in [4.78, 5) is 36.7. The summed E-state index contributed by atoms with van der Waals surface area (Å²) >= 11 is 0. The highest BCUT2D eigenvalue weighted by atomic mass is 16.2. The molecule has 1 aliphatic heterocycles. The van der Waals surface area contributed by atoms with E-state index in [2.05, 4.69) is 0 Å². The van der Waals surface area contributed by atoms with Gasteiger partial charge in [0, 0.05) is 33.0 Å². The van der Waals surface area contributed by atoms with E-state index in [1.807, 2.05) is 0 Å². The molecule has 1 saturated heterocycles. The number of imide groups is 1. The van der Waals surface area contributed by atoms with Gasteiger partial charge in [-0.15, -0.1) is 0 Å². The van der Waals surface area contributed by atoms with E-state index in [0.717, 1.165) is 6.42 Å². The molecule has 0 radical (unpaired) electrons. The van der Waals surface area contributed by atoms with E-state index in [-0.39, 0.29) is 17.7 Å². The molecular weight excluding hydrogens is 208 g/mol. The lowest BCUT2D eigenvalue weighted by molar-refractivity contribution is -0.130. The molecular formula is C11H18N2O3. The Morgan fingerprint density at radius 2 is 2.00 bits per heavy atom. The van der Waals surface area contributed by atoms with Crippen LogP contribution in [0.1, 0.15) is 32.6 Å². The molecule has 0 aromatic heterocycles. The number of unbranched alkanes of at least 4 members (excludes halogenated alkanes) is 1. The Morgan fingerprint density at radius 3 is 2.62 bits per heavy atom. The fourth-order valence-electron chi connectivity index (χ4n) is 1.67. The molecule has 0 bridgehead atoms. The predicted molar refractivity (Wildman–Crippen MR) is 58.9 cm³/mol. The van der Waals surface area contributed by atoms with Crippen molar-refractivity contribution in [3.8, 4) is 0 Å². The molecule has 90 valence electrons. The molecule has 1 rings (SSSR count). The van der Waals surface area contributed by atoms with Crippen molar-refractivity contribution in [1.82, 2.24) is 9.80 Å². The van der Waals surface area contributed by atoms with Crippen LogP contribution in [-0.2, 0) is 9.59 Å². The minimum absolute atomic E-state index is 0.106. The standard InChI is InChI=1S/C11H18N2O3/c1-9(14)5-3-4-7-13-10(15)6-8-12(2)11(13)16/h3-8H2,1-2H3. The fraction of sp³-hybridized carbons (Fsp3) is 0.727. The normalized spacial score (nSPS) is 16.9. The minimum Gasteiger partial charge on any atom is -0.327 e. The van der Waals surface area contributed by atoms with Gasteiger partial charge in [-0.2, -0.15) is 0 Å². The van der Waals surface area contributed by atoms with Gasteiger partial charge < -0.3 is 9.69 Å². The SMILES string of the molecule is CC(=O)CCCCN1C(=O)CCN(C)C1=O. The lowest BCUT2D eigenvalue weighted by Gasteiger charge is -2.31. The summed E-state index contributed by atoms with van der Waals surface area (Å²) in [5.74, 6) is 0.0411. The predicted octanol–water partition coefficient (Wildman–Crippen LogP) is 1.03. The Hall–Kier alpha value is -1.39. The van der Waals surface area contributed by atoms with E-state index in [1.54, 1.807) is 18.9 Å². The van der Waals surface area contributed by atoms with Gasteiger partial charge >= 0.3 is 6.03 Å². The Kier molecular flexibility index (Phi) is 4.46. The van der Waals surface area contributed by atoms with Gasteiger partial charge in [-0.25, -0.2) is 4.79 Å². The largest absolute Gasteiger partial charge is 0.327 e. The molecule has 5 nitrogen and oxygen atoms in total. The van der Waals surface area contributed by atoms with Crippen molar-refractivity contribution < 1.29 is 14.4 Å². The molecule has 1 aliphatic rings. The summed E-state index contributed by atoms with van der Waals surface area (Å²) in [5.41, 5.74) is 0. The number of amides is 3. The summed E-state index contributed by atoms with van der Waals surface area (Å²) in [6, 6.07) is -0.223. The van der Waals surface area contributed by atoms with Crippen molar-refractivity contribution in [2.24, 2.45) is 0 Å². The van der Waals surface area contributed by atoms with E-state index in [9.17, 15) is 14.4 Å². The highest BCUT2D eigenvalue weighted by Gasteiger charge is 2.28. The maximum absolute atomic E-state index is 11.6. The number of hydrogen-bond acceptors (Lipinski definition) is 3. The highest BCUT2D eigenvalue weighted by Crippen LogP contribution is 2.10. The Labute approximate surface area is 95.4 Å². The second kappa shape index (κ2) is 5.63. The second-order valence-corrected chi connectivity index (χ2v) is 4.16. The molecule has 16 heavy (non-hydrogen) atoms. The maximum atomic E-state index is 11.6. The number of urea groups is 1. The molecule has 0 atom stereocenters. The zero-order chi connectivity index (χ0) is 12.1. The van der Waals surface area contributed by atoms with Crippen LogP contribution in [0.3, 0.4) is 0 Å². The van der Waals surface area contributed by atoms with Gasteiger partial charge in [-0.1, -0.05) is 0 Å². The van der Waals surface area contributed by atoms with Gasteiger partial charge in [0.05, 0.1) is 0 Å². The van der Waals surface area contributed by atoms with Crippen LogP contribution in [0.25, 0.3) is 0 Å². The lowest BCUT2D eigenvalue weighted by Crippen LogP contribution is -2.50. The number of nitrogens with zero attached hydrogens (tertiary/aromatic N) is 2. The van der Waals surface area contributed by atoms with Crippen LogP contribution < -0.4 is 0 Å². The van der Waals surface area contributed by atoms with Crippen LogP contribution in [0.5, 0.6) is 0 Å². The maximum Gasteiger partial charge on any atom is 0.326 e. The van der Waals surface area contributed by atoms with Crippen LogP contribution in [0.2, 0.25) is 0 Å². The molecule has 0 saturated carbocycles. The second-order valence-electron chi connectivity index (χ2n) is 4.16. The van der Waals surface area contributed by atoms with E-state index >= 15 is 0 Å². The van der Waals surface area contributed by atoms with E-state index in [1.165, 1.54) is 4.90 Å². The smallest absolute Gasteiger partial charge is 0.326 e. The average Bonchev–Trinajstić information content (AvgIpc) is 2.22. The minimum atomic E-state index is -0.223. The third kappa shape index (κ3) is 3.32. The first-order valence-electron chi connectivity index (χ1n) is 5.57. The first-order chi connectivity index (χ1) is 7.52. The molecule has 0 aromatic carbocycles. The first kappa shape index (κ1) is 12.7. The zero-order valence-electron chi connectivity index (χ0n) is 9.86. The summed E-state index contributed by atoms with van der Waals surface area (Å²) in [6.45, 7) is 2.47. The average molecular weight is 226 g/mol. The van der Waals surface area contributed by atoms with Crippen molar-refractivity contribution in [2.75, 3.05) is 20.1 Å². The molecule has 1 heterocycles. The number of rotatable bonds is 5. The van der Waals surface area contributed by atoms with Crippen LogP contribution in [-0.4, -0.2) is 47.7 Å². The number of ketones is 1. The zero-order valence-corrected chi connectivity index (χ0v) is 9.86. The van der Waals surface area contributed by atoms with Crippen LogP contribution >= 0.6 is 0 Å². The van der Waals surface area contributed by atoms with Crippen LogP contribution in [0, 0.1) is 0 Å². The first-order valence-corrected chi connectivity index (χ1v) is 5.57. The van der Waals surface area contributed by atoms with Crippen molar-refractivity contribution >= 4 is 17.7 Å². The van der Waals surface area contributed by atoms with Crippen LogP contribution in [0.15, 0.2) is 0 Å². The van der Waals surface area contributed by atoms with E-state index < -0.39 is 0 Å². The summed E-state index contributed by atoms with van der Waals surface area (Å²) < 4.78 is 0. The van der Waals surface area contributed by atoms with Crippen molar-refractivity contribution in [2.45, 2.75) is 32.6 Å². The molecule has 0 N–H and O–H groups in total. The number of carbonyl (C=O) groups is 3. The van der Waals surface area contributed by atoms with Crippen molar-refractivity contribution in [3.63, 3.8) is 0 Å². The highest BCUT2D eigenvalue weighted by molar-refractivity contribution is 5.96. The van der Waals surface area contributed by atoms with Crippen molar-refractivity contribution in [3.05, 3.63) is 0 Å². The number of carbonyl (C=O) groups excluding carboxylic acids is 3. The molecule has 1 fully saturated rings. The third-order valence-electron chi connectivity index (χ3n) is 2.68. The Balaban J connectivity index is 2.36. The van der Waals surface area contributed by atoms with Gasteiger partial charge in [0.25, 0.3) is 0 Å². The van der Waals surface area contributed by atoms with Gasteiger partial charge in [0.15, 0.2) is 0 Å². The van der Waals surface area contributed by atoms with Crippen LogP contribution in [0.4, 0.5) is 4.79 Å².